The number of nitrogens with zero attached hydrogens (tertiary/aromatic N) is 3. The fourth-order valence-corrected chi connectivity index (χ4v) is 2.99. The smallest absolute Gasteiger partial charge is 0.358 e. The number of rotatable bonds is 3. The van der Waals surface area contributed by atoms with Gasteiger partial charge < -0.3 is 10.2 Å². The van der Waals surface area contributed by atoms with Crippen LogP contribution in [0, 0.1) is 0 Å². The summed E-state index contributed by atoms with van der Waals surface area (Å²) in [5, 5.41) is 27.3. The number of aliphatic hydroxyl groups excluding tert-OH is 1. The maximum absolute atomic E-state index is 11.2. The van der Waals surface area contributed by atoms with Crippen molar-refractivity contribution in [3.63, 3.8) is 0 Å². The predicted molar refractivity (Wildman–Crippen MR) is 67.1 cm³/mol. The molecule has 0 saturated heterocycles. The van der Waals surface area contributed by atoms with Gasteiger partial charge in [0.25, 0.3) is 0 Å². The summed E-state index contributed by atoms with van der Waals surface area (Å²) in [5.41, 5.74) is 0.789. The minimum atomic E-state index is -1.02. The number of hydrogen-bond donors (Lipinski definition) is 2. The molecule has 19 heavy (non-hydrogen) atoms. The minimum Gasteiger partial charge on any atom is -0.476 e. The van der Waals surface area contributed by atoms with Crippen molar-refractivity contribution in [3.05, 3.63) is 11.4 Å². The van der Waals surface area contributed by atoms with Gasteiger partial charge in [-0.1, -0.05) is 24.5 Å². The summed E-state index contributed by atoms with van der Waals surface area (Å²) in [7, 11) is 0. The number of aromatic carboxylic acids is 1. The normalized spacial score (nSPS) is 28.1. The van der Waals surface area contributed by atoms with Crippen LogP contribution in [-0.2, 0) is 0 Å². The first kappa shape index (κ1) is 12.6. The van der Waals surface area contributed by atoms with Crippen molar-refractivity contribution in [1.29, 1.82) is 0 Å². The highest BCUT2D eigenvalue weighted by atomic mass is 16.4. The van der Waals surface area contributed by atoms with Gasteiger partial charge in [-0.25, -0.2) is 9.48 Å². The predicted octanol–water partition coefficient (Wildman–Crippen LogP) is 1.72. The standard InChI is InChI=1S/C13H19N3O3/c17-10-5-3-1-2-4-9(10)16-12(8-6-7-8)11(13(18)19)14-15-16/h8-10,17H,1-7H2,(H,18,19). The zero-order chi connectivity index (χ0) is 13.4. The first-order valence-corrected chi connectivity index (χ1v) is 7.05. The van der Waals surface area contributed by atoms with E-state index in [2.05, 4.69) is 10.3 Å². The Morgan fingerprint density at radius 3 is 2.58 bits per heavy atom. The number of aliphatic hydroxyl groups is 1. The van der Waals surface area contributed by atoms with Crippen LogP contribution in [0.15, 0.2) is 0 Å². The van der Waals surface area contributed by atoms with E-state index in [1.54, 1.807) is 4.68 Å². The number of carbonyl (C=O) groups is 1. The molecule has 2 fully saturated rings. The summed E-state index contributed by atoms with van der Waals surface area (Å²) in [4.78, 5) is 11.2. The highest BCUT2D eigenvalue weighted by Crippen LogP contribution is 2.43. The minimum absolute atomic E-state index is 0.0685. The van der Waals surface area contributed by atoms with Crippen molar-refractivity contribution >= 4 is 5.97 Å². The molecule has 1 aromatic rings. The van der Waals surface area contributed by atoms with Crippen LogP contribution in [0.4, 0.5) is 0 Å². The summed E-state index contributed by atoms with van der Waals surface area (Å²) in [6, 6.07) is -0.112. The molecule has 0 bridgehead atoms. The average Bonchev–Trinajstić information content (AvgIpc) is 3.15. The second kappa shape index (κ2) is 4.92. The Morgan fingerprint density at radius 1 is 1.16 bits per heavy atom. The molecule has 3 rings (SSSR count). The van der Waals surface area contributed by atoms with Gasteiger partial charge in [0.1, 0.15) is 0 Å². The van der Waals surface area contributed by atoms with Gasteiger partial charge in [0, 0.05) is 5.92 Å². The lowest BCUT2D eigenvalue weighted by Gasteiger charge is -2.22. The van der Waals surface area contributed by atoms with Crippen molar-refractivity contribution in [3.8, 4) is 0 Å². The van der Waals surface area contributed by atoms with Gasteiger partial charge in [-0.2, -0.15) is 0 Å². The van der Waals surface area contributed by atoms with Gasteiger partial charge >= 0.3 is 5.97 Å². The second-order valence-electron chi connectivity index (χ2n) is 5.62. The van der Waals surface area contributed by atoms with Crippen molar-refractivity contribution in [2.24, 2.45) is 0 Å². The van der Waals surface area contributed by atoms with E-state index in [9.17, 15) is 15.0 Å². The monoisotopic (exact) mass is 265 g/mol. The summed E-state index contributed by atoms with van der Waals surface area (Å²) < 4.78 is 1.71. The molecule has 0 aliphatic heterocycles. The van der Waals surface area contributed by atoms with Crippen LogP contribution in [0.2, 0.25) is 0 Å². The zero-order valence-electron chi connectivity index (χ0n) is 10.8. The molecular formula is C13H19N3O3. The van der Waals surface area contributed by atoms with Crippen molar-refractivity contribution < 1.29 is 15.0 Å². The molecule has 0 radical (unpaired) electrons. The molecule has 6 heteroatoms. The lowest BCUT2D eigenvalue weighted by Crippen LogP contribution is -2.25. The van der Waals surface area contributed by atoms with Crippen LogP contribution in [0.1, 0.15) is 73.1 Å². The van der Waals surface area contributed by atoms with Crippen LogP contribution in [0.25, 0.3) is 0 Å². The SMILES string of the molecule is O=C(O)c1nnn(C2CCCCCC2O)c1C1CC1. The molecule has 0 amide bonds. The van der Waals surface area contributed by atoms with E-state index in [4.69, 9.17) is 0 Å². The lowest BCUT2D eigenvalue weighted by molar-refractivity contribution is 0.0687. The molecular weight excluding hydrogens is 246 g/mol. The van der Waals surface area contributed by atoms with Crippen LogP contribution in [0.3, 0.4) is 0 Å². The highest BCUT2D eigenvalue weighted by Gasteiger charge is 2.37. The third kappa shape index (κ3) is 2.36. The average molecular weight is 265 g/mol. The van der Waals surface area contributed by atoms with Crippen LogP contribution < -0.4 is 0 Å². The van der Waals surface area contributed by atoms with Gasteiger partial charge in [0.2, 0.25) is 0 Å². The topological polar surface area (TPSA) is 88.2 Å². The Balaban J connectivity index is 1.96. The molecule has 2 aliphatic rings. The molecule has 2 N–H and O–H groups in total. The molecule has 0 aromatic carbocycles. The molecule has 104 valence electrons. The Labute approximate surface area is 111 Å². The Hall–Kier alpha value is -1.43. The third-order valence-electron chi connectivity index (χ3n) is 4.16. The van der Waals surface area contributed by atoms with Gasteiger partial charge in [0.05, 0.1) is 17.8 Å². The Bertz CT molecular complexity index is 481. The van der Waals surface area contributed by atoms with E-state index in [0.29, 0.717) is 0 Å². The maximum Gasteiger partial charge on any atom is 0.358 e. The van der Waals surface area contributed by atoms with E-state index < -0.39 is 12.1 Å². The second-order valence-corrected chi connectivity index (χ2v) is 5.62. The van der Waals surface area contributed by atoms with E-state index in [-0.39, 0.29) is 17.7 Å². The summed E-state index contributed by atoms with van der Waals surface area (Å²) >= 11 is 0. The molecule has 2 atom stereocenters. The van der Waals surface area contributed by atoms with Crippen molar-refractivity contribution in [1.82, 2.24) is 15.0 Å². The van der Waals surface area contributed by atoms with Crippen LogP contribution in [0.5, 0.6) is 0 Å². The summed E-state index contributed by atoms with van der Waals surface area (Å²) in [6.45, 7) is 0. The third-order valence-corrected chi connectivity index (χ3v) is 4.16. The number of carboxylic acid groups (broad SMARTS) is 1. The van der Waals surface area contributed by atoms with Gasteiger partial charge in [0.15, 0.2) is 5.69 Å². The molecule has 0 spiro atoms. The molecule has 6 nitrogen and oxygen atoms in total. The van der Waals surface area contributed by atoms with Crippen molar-refractivity contribution in [2.45, 2.75) is 63.0 Å². The molecule has 2 aliphatic carbocycles. The van der Waals surface area contributed by atoms with E-state index in [0.717, 1.165) is 50.6 Å². The van der Waals surface area contributed by atoms with Gasteiger partial charge in [-0.05, 0) is 25.7 Å². The van der Waals surface area contributed by atoms with Crippen molar-refractivity contribution in [2.75, 3.05) is 0 Å². The number of hydrogen-bond acceptors (Lipinski definition) is 4. The summed E-state index contributed by atoms with van der Waals surface area (Å²) in [5.74, 6) is -0.757. The quantitative estimate of drug-likeness (QED) is 0.812. The Morgan fingerprint density at radius 2 is 1.89 bits per heavy atom. The van der Waals surface area contributed by atoms with E-state index >= 15 is 0 Å². The summed E-state index contributed by atoms with van der Waals surface area (Å²) in [6.07, 6.45) is 6.36. The number of aromatic nitrogens is 3. The van der Waals surface area contributed by atoms with Gasteiger partial charge in [-0.15, -0.1) is 5.10 Å². The van der Waals surface area contributed by atoms with E-state index in [1.165, 1.54) is 0 Å². The zero-order valence-corrected chi connectivity index (χ0v) is 10.8. The highest BCUT2D eigenvalue weighted by molar-refractivity contribution is 5.86. The number of carboxylic acids is 1. The first-order valence-electron chi connectivity index (χ1n) is 7.05. The maximum atomic E-state index is 11.2. The van der Waals surface area contributed by atoms with Gasteiger partial charge in [-0.3, -0.25) is 0 Å². The molecule has 2 unspecified atom stereocenters. The fraction of sp³-hybridized carbons (Fsp3) is 0.769. The largest absolute Gasteiger partial charge is 0.476 e. The molecule has 1 aromatic heterocycles. The first-order chi connectivity index (χ1) is 9.18. The fourth-order valence-electron chi connectivity index (χ4n) is 2.99. The van der Waals surface area contributed by atoms with Crippen LogP contribution in [-0.4, -0.2) is 37.3 Å². The Kier molecular flexibility index (Phi) is 3.26. The lowest BCUT2D eigenvalue weighted by atomic mass is 10.1. The van der Waals surface area contributed by atoms with E-state index in [1.807, 2.05) is 0 Å². The molecule has 1 heterocycles. The van der Waals surface area contributed by atoms with Crippen LogP contribution >= 0.6 is 0 Å². The molecule has 2 saturated carbocycles.